The van der Waals surface area contributed by atoms with E-state index in [1.807, 2.05) is 0 Å². The van der Waals surface area contributed by atoms with Crippen LogP contribution >= 0.6 is 0 Å². The number of aliphatic hydroxyl groups is 1. The molecule has 7 heteroatoms. The van der Waals surface area contributed by atoms with Gasteiger partial charge in [0.1, 0.15) is 5.60 Å². The predicted molar refractivity (Wildman–Crippen MR) is 65.8 cm³/mol. The van der Waals surface area contributed by atoms with Crippen molar-refractivity contribution in [2.45, 2.75) is 50.9 Å². The maximum Gasteiger partial charge on any atom is 0.408 e. The number of nitrogens with one attached hydrogen (secondary N) is 1. The van der Waals surface area contributed by atoms with Crippen molar-refractivity contribution in [3.8, 4) is 0 Å². The number of carbonyl (C=O) groups excluding carboxylic acids is 1. The number of amides is 1. The standard InChI is InChI=1S/C12H21NO6/c1-11(2,3)19-10(17)13-12(4-5-18-7-12)8(14)6-9(15)16/h8,14H,4-7H2,1-3H3,(H,13,17)(H,15,16). The molecule has 2 atom stereocenters. The van der Waals surface area contributed by atoms with Crippen LogP contribution in [0, 0.1) is 0 Å². The van der Waals surface area contributed by atoms with E-state index in [9.17, 15) is 14.7 Å². The number of hydrogen-bond donors (Lipinski definition) is 3. The van der Waals surface area contributed by atoms with Crippen LogP contribution in [0.3, 0.4) is 0 Å². The Morgan fingerprint density at radius 1 is 1.47 bits per heavy atom. The van der Waals surface area contributed by atoms with Gasteiger partial charge in [-0.15, -0.1) is 0 Å². The number of alkyl carbamates (subject to hydrolysis) is 1. The molecule has 19 heavy (non-hydrogen) atoms. The molecule has 1 rings (SSSR count). The summed E-state index contributed by atoms with van der Waals surface area (Å²) in [4.78, 5) is 22.4. The normalized spacial score (nSPS) is 24.8. The number of carbonyl (C=O) groups is 2. The second kappa shape index (κ2) is 5.75. The van der Waals surface area contributed by atoms with Crippen LogP contribution in [0.2, 0.25) is 0 Å². The largest absolute Gasteiger partial charge is 0.481 e. The van der Waals surface area contributed by atoms with E-state index < -0.39 is 35.7 Å². The van der Waals surface area contributed by atoms with Gasteiger partial charge in [-0.2, -0.15) is 0 Å². The SMILES string of the molecule is CC(C)(C)OC(=O)NC1(C(O)CC(=O)O)CCOC1. The Bertz CT molecular complexity index is 343. The van der Waals surface area contributed by atoms with Gasteiger partial charge in [-0.25, -0.2) is 4.79 Å². The molecule has 0 aliphatic carbocycles. The van der Waals surface area contributed by atoms with Crippen LogP contribution < -0.4 is 5.32 Å². The van der Waals surface area contributed by atoms with Gasteiger partial charge < -0.3 is 25.0 Å². The molecule has 0 radical (unpaired) electrons. The van der Waals surface area contributed by atoms with Crippen molar-refractivity contribution < 1.29 is 29.3 Å². The van der Waals surface area contributed by atoms with Gasteiger partial charge in [0.2, 0.25) is 0 Å². The minimum Gasteiger partial charge on any atom is -0.481 e. The van der Waals surface area contributed by atoms with Crippen molar-refractivity contribution in [1.82, 2.24) is 5.32 Å². The van der Waals surface area contributed by atoms with Gasteiger partial charge in [0, 0.05) is 6.61 Å². The highest BCUT2D eigenvalue weighted by Crippen LogP contribution is 2.25. The van der Waals surface area contributed by atoms with Gasteiger partial charge in [0.05, 0.1) is 24.7 Å². The molecule has 1 saturated heterocycles. The van der Waals surface area contributed by atoms with E-state index in [-0.39, 0.29) is 6.61 Å². The maximum atomic E-state index is 11.8. The molecule has 1 fully saturated rings. The number of aliphatic hydroxyl groups excluding tert-OH is 1. The van der Waals surface area contributed by atoms with Crippen molar-refractivity contribution >= 4 is 12.1 Å². The highest BCUT2D eigenvalue weighted by Gasteiger charge is 2.44. The van der Waals surface area contributed by atoms with Gasteiger partial charge >= 0.3 is 12.1 Å². The Morgan fingerprint density at radius 3 is 2.53 bits per heavy atom. The fraction of sp³-hybridized carbons (Fsp3) is 0.833. The average Bonchev–Trinajstić information content (AvgIpc) is 2.63. The second-order valence-electron chi connectivity index (χ2n) is 5.70. The summed E-state index contributed by atoms with van der Waals surface area (Å²) in [6, 6.07) is 0. The molecule has 1 amide bonds. The summed E-state index contributed by atoms with van der Waals surface area (Å²) in [6.07, 6.45) is -2.03. The van der Waals surface area contributed by atoms with Crippen molar-refractivity contribution in [2.75, 3.05) is 13.2 Å². The van der Waals surface area contributed by atoms with E-state index in [1.165, 1.54) is 0 Å². The van der Waals surface area contributed by atoms with E-state index in [0.717, 1.165) is 0 Å². The lowest BCUT2D eigenvalue weighted by Crippen LogP contribution is -2.58. The molecule has 1 heterocycles. The lowest BCUT2D eigenvalue weighted by Gasteiger charge is -2.33. The summed E-state index contributed by atoms with van der Waals surface area (Å²) >= 11 is 0. The molecule has 1 aliphatic heterocycles. The first kappa shape index (κ1) is 15.7. The predicted octanol–water partition coefficient (Wildman–Crippen LogP) is 0.506. The summed E-state index contributed by atoms with van der Waals surface area (Å²) in [6.45, 7) is 5.58. The molecule has 0 bridgehead atoms. The maximum absolute atomic E-state index is 11.8. The zero-order valence-corrected chi connectivity index (χ0v) is 11.4. The molecule has 3 N–H and O–H groups in total. The summed E-state index contributed by atoms with van der Waals surface area (Å²) in [5.41, 5.74) is -1.76. The molecule has 7 nitrogen and oxygen atoms in total. The first-order valence-electron chi connectivity index (χ1n) is 6.13. The molecule has 0 aromatic heterocycles. The minimum atomic E-state index is -1.22. The van der Waals surface area contributed by atoms with E-state index >= 15 is 0 Å². The number of carboxylic acids is 1. The molecule has 110 valence electrons. The number of rotatable bonds is 4. The number of ether oxygens (including phenoxy) is 2. The van der Waals surface area contributed by atoms with Crippen molar-refractivity contribution in [3.05, 3.63) is 0 Å². The zero-order chi connectivity index (χ0) is 14.7. The second-order valence-corrected chi connectivity index (χ2v) is 5.70. The summed E-state index contributed by atoms with van der Waals surface area (Å²) in [7, 11) is 0. The van der Waals surface area contributed by atoms with Crippen molar-refractivity contribution in [2.24, 2.45) is 0 Å². The molecule has 2 unspecified atom stereocenters. The van der Waals surface area contributed by atoms with Crippen LogP contribution in [-0.4, -0.2) is 52.7 Å². The Kier molecular flexibility index (Phi) is 4.75. The van der Waals surface area contributed by atoms with Gasteiger partial charge in [-0.3, -0.25) is 4.79 Å². The molecule has 0 aromatic carbocycles. The van der Waals surface area contributed by atoms with Crippen LogP contribution in [-0.2, 0) is 14.3 Å². The third-order valence-electron chi connectivity index (χ3n) is 2.81. The third kappa shape index (κ3) is 4.68. The lowest BCUT2D eigenvalue weighted by molar-refractivity contribution is -0.140. The molecular weight excluding hydrogens is 254 g/mol. The van der Waals surface area contributed by atoms with Crippen molar-refractivity contribution in [3.63, 3.8) is 0 Å². The molecular formula is C12H21NO6. The van der Waals surface area contributed by atoms with Crippen LogP contribution in [0.1, 0.15) is 33.6 Å². The number of aliphatic carboxylic acids is 1. The van der Waals surface area contributed by atoms with E-state index in [2.05, 4.69) is 5.32 Å². The van der Waals surface area contributed by atoms with Crippen LogP contribution in [0.5, 0.6) is 0 Å². The van der Waals surface area contributed by atoms with E-state index in [1.54, 1.807) is 20.8 Å². The Labute approximate surface area is 111 Å². The first-order valence-corrected chi connectivity index (χ1v) is 6.13. The molecule has 0 aromatic rings. The third-order valence-corrected chi connectivity index (χ3v) is 2.81. The van der Waals surface area contributed by atoms with Crippen LogP contribution in [0.15, 0.2) is 0 Å². The first-order chi connectivity index (χ1) is 8.65. The lowest BCUT2D eigenvalue weighted by atomic mass is 9.89. The molecule has 0 spiro atoms. The quantitative estimate of drug-likeness (QED) is 0.690. The van der Waals surface area contributed by atoms with Gasteiger partial charge in [-0.1, -0.05) is 0 Å². The van der Waals surface area contributed by atoms with E-state index in [0.29, 0.717) is 13.0 Å². The zero-order valence-electron chi connectivity index (χ0n) is 11.4. The number of carboxylic acid groups (broad SMARTS) is 1. The Hall–Kier alpha value is -1.34. The monoisotopic (exact) mass is 275 g/mol. The summed E-state index contributed by atoms with van der Waals surface area (Å²) < 4.78 is 10.3. The average molecular weight is 275 g/mol. The molecule has 1 aliphatic rings. The Morgan fingerprint density at radius 2 is 2.11 bits per heavy atom. The highest BCUT2D eigenvalue weighted by molar-refractivity contribution is 5.70. The Balaban J connectivity index is 2.71. The van der Waals surface area contributed by atoms with Crippen LogP contribution in [0.25, 0.3) is 0 Å². The topological polar surface area (TPSA) is 105 Å². The summed E-state index contributed by atoms with van der Waals surface area (Å²) in [5, 5.41) is 21.3. The van der Waals surface area contributed by atoms with Crippen molar-refractivity contribution in [1.29, 1.82) is 0 Å². The fourth-order valence-corrected chi connectivity index (χ4v) is 1.89. The van der Waals surface area contributed by atoms with Gasteiger partial charge in [0.15, 0.2) is 0 Å². The van der Waals surface area contributed by atoms with Gasteiger partial charge in [-0.05, 0) is 27.2 Å². The van der Waals surface area contributed by atoms with E-state index in [4.69, 9.17) is 14.6 Å². The van der Waals surface area contributed by atoms with Crippen LogP contribution in [0.4, 0.5) is 4.79 Å². The minimum absolute atomic E-state index is 0.0701. The number of hydrogen-bond acceptors (Lipinski definition) is 5. The van der Waals surface area contributed by atoms with Gasteiger partial charge in [0.25, 0.3) is 0 Å². The summed E-state index contributed by atoms with van der Waals surface area (Å²) in [5.74, 6) is -1.13. The smallest absolute Gasteiger partial charge is 0.408 e. The fourth-order valence-electron chi connectivity index (χ4n) is 1.89. The molecule has 0 saturated carbocycles. The highest BCUT2D eigenvalue weighted by atomic mass is 16.6.